The van der Waals surface area contributed by atoms with Crippen LogP contribution >= 0.6 is 0 Å². The number of esters is 2. The lowest BCUT2D eigenvalue weighted by Gasteiger charge is -2.29. The highest BCUT2D eigenvalue weighted by Crippen LogP contribution is 2.39. The van der Waals surface area contributed by atoms with E-state index in [9.17, 15) is 9.59 Å². The summed E-state index contributed by atoms with van der Waals surface area (Å²) >= 11 is 0. The lowest BCUT2D eigenvalue weighted by Crippen LogP contribution is -2.13. The Morgan fingerprint density at radius 3 is 1.84 bits per heavy atom. The molecule has 0 heterocycles. The Morgan fingerprint density at radius 2 is 1.33 bits per heavy atom. The van der Waals surface area contributed by atoms with Crippen LogP contribution in [0, 0.1) is 12.8 Å². The van der Waals surface area contributed by atoms with Gasteiger partial charge in [0, 0.05) is 11.1 Å². The highest BCUT2D eigenvalue weighted by molar-refractivity contribution is 5.87. The molecule has 0 radical (unpaired) electrons. The van der Waals surface area contributed by atoms with Crippen LogP contribution in [0.25, 0.3) is 11.1 Å². The second-order valence-corrected chi connectivity index (χ2v) is 13.3. The van der Waals surface area contributed by atoms with Crippen LogP contribution in [0.5, 0.6) is 0 Å². The molecule has 0 aliphatic heterocycles. The fourth-order valence-corrected chi connectivity index (χ4v) is 6.70. The molecule has 0 N–H and O–H groups in total. The van der Waals surface area contributed by atoms with Crippen LogP contribution in [-0.4, -0.2) is 25.2 Å². The minimum atomic E-state index is -0.335. The second kappa shape index (κ2) is 18.7. The Hall–Kier alpha value is -3.14. The van der Waals surface area contributed by atoms with Crippen molar-refractivity contribution in [2.45, 2.75) is 130 Å². The van der Waals surface area contributed by atoms with Gasteiger partial charge in [0.05, 0.1) is 13.2 Å². The van der Waals surface area contributed by atoms with E-state index >= 15 is 0 Å². The highest BCUT2D eigenvalue weighted by Gasteiger charge is 2.23. The van der Waals surface area contributed by atoms with Gasteiger partial charge in [0.15, 0.2) is 0 Å². The van der Waals surface area contributed by atoms with Crippen molar-refractivity contribution in [2.75, 3.05) is 13.2 Å². The first-order valence-corrected chi connectivity index (χ1v) is 17.5. The van der Waals surface area contributed by atoms with Crippen LogP contribution in [0.4, 0.5) is 0 Å². The average molecular weight is 615 g/mol. The molecule has 0 spiro atoms. The van der Waals surface area contributed by atoms with Crippen LogP contribution in [0.3, 0.4) is 0 Å². The van der Waals surface area contributed by atoms with Crippen LogP contribution in [-0.2, 0) is 38.3 Å². The molecule has 1 fully saturated rings. The molecule has 0 bridgehead atoms. The van der Waals surface area contributed by atoms with Gasteiger partial charge in [0.2, 0.25) is 0 Å². The maximum absolute atomic E-state index is 11.9. The topological polar surface area (TPSA) is 52.6 Å². The normalized spacial score (nSPS) is 16.3. The van der Waals surface area contributed by atoms with E-state index in [2.05, 4.69) is 64.3 Å². The Kier molecular flexibility index (Phi) is 15.1. The van der Waals surface area contributed by atoms with Crippen LogP contribution in [0.2, 0.25) is 0 Å². The van der Waals surface area contributed by atoms with Gasteiger partial charge in [0.25, 0.3) is 0 Å². The molecule has 1 aliphatic carbocycles. The summed E-state index contributed by atoms with van der Waals surface area (Å²) in [7, 11) is 0. The van der Waals surface area contributed by atoms with E-state index in [1.54, 1.807) is 13.8 Å². The van der Waals surface area contributed by atoms with E-state index in [-0.39, 0.29) is 11.9 Å². The molecule has 1 saturated carbocycles. The van der Waals surface area contributed by atoms with E-state index in [1.807, 2.05) is 0 Å². The standard InChI is InChI=1S/C41H58O4/c1-8-10-11-12-15-32-18-20-34(21-19-32)37-22-23-39(33(9-2)26-37)38-27-35(16-13-24-44-40(42)29(3)4)31(7)36(28-38)17-14-25-45-41(43)30(5)6/h22-23,26-28,32,34H,3,5,8-21,24-25H2,1-2,4,6-7H3. The summed E-state index contributed by atoms with van der Waals surface area (Å²) in [5.41, 5.74) is 10.1. The molecule has 3 rings (SSSR count). The summed E-state index contributed by atoms with van der Waals surface area (Å²) in [5.74, 6) is 0.919. The number of carbonyl (C=O) groups excluding carboxylic acids is 2. The quantitative estimate of drug-likeness (QED) is 0.0952. The number of unbranched alkanes of at least 4 members (excludes halogenated alkanes) is 3. The number of carbonyl (C=O) groups is 2. The van der Waals surface area contributed by atoms with Crippen molar-refractivity contribution in [3.63, 3.8) is 0 Å². The van der Waals surface area contributed by atoms with Gasteiger partial charge in [-0.1, -0.05) is 89.4 Å². The zero-order chi connectivity index (χ0) is 32.8. The predicted molar refractivity (Wildman–Crippen MR) is 188 cm³/mol. The third-order valence-corrected chi connectivity index (χ3v) is 9.57. The molecule has 0 saturated heterocycles. The summed E-state index contributed by atoms with van der Waals surface area (Å²) < 4.78 is 10.8. The zero-order valence-corrected chi connectivity index (χ0v) is 28.9. The number of aryl methyl sites for hydroxylation is 3. The molecule has 4 nitrogen and oxygen atoms in total. The van der Waals surface area contributed by atoms with E-state index < -0.39 is 0 Å². The van der Waals surface area contributed by atoms with Gasteiger partial charge in [-0.3, -0.25) is 0 Å². The monoisotopic (exact) mass is 614 g/mol. The van der Waals surface area contributed by atoms with Crippen molar-refractivity contribution in [3.8, 4) is 11.1 Å². The molecule has 2 aromatic rings. The Balaban J connectivity index is 1.78. The summed E-state index contributed by atoms with van der Waals surface area (Å²) in [4.78, 5) is 23.8. The van der Waals surface area contributed by atoms with Crippen LogP contribution < -0.4 is 0 Å². The second-order valence-electron chi connectivity index (χ2n) is 13.3. The fraction of sp³-hybridized carbons (Fsp3) is 0.561. The summed E-state index contributed by atoms with van der Waals surface area (Å²) in [6.07, 6.45) is 16.4. The first-order chi connectivity index (χ1) is 21.6. The third-order valence-electron chi connectivity index (χ3n) is 9.57. The average Bonchev–Trinajstić information content (AvgIpc) is 3.04. The zero-order valence-electron chi connectivity index (χ0n) is 28.9. The summed E-state index contributed by atoms with van der Waals surface area (Å²) in [6.45, 7) is 18.2. The van der Waals surface area contributed by atoms with Gasteiger partial charge in [0.1, 0.15) is 0 Å². The van der Waals surface area contributed by atoms with E-state index in [0.717, 1.165) is 38.0 Å². The van der Waals surface area contributed by atoms with Crippen LogP contribution in [0.15, 0.2) is 54.6 Å². The van der Waals surface area contributed by atoms with E-state index in [1.165, 1.54) is 96.7 Å². The minimum Gasteiger partial charge on any atom is -0.462 e. The van der Waals surface area contributed by atoms with E-state index in [0.29, 0.717) is 30.3 Å². The van der Waals surface area contributed by atoms with Crippen molar-refractivity contribution < 1.29 is 19.1 Å². The van der Waals surface area contributed by atoms with Gasteiger partial charge < -0.3 is 9.47 Å². The number of rotatable bonds is 18. The van der Waals surface area contributed by atoms with Crippen molar-refractivity contribution in [2.24, 2.45) is 5.92 Å². The van der Waals surface area contributed by atoms with Gasteiger partial charge in [-0.15, -0.1) is 0 Å². The maximum atomic E-state index is 11.9. The number of hydrogen-bond acceptors (Lipinski definition) is 4. The molecule has 0 amide bonds. The fourth-order valence-electron chi connectivity index (χ4n) is 6.70. The molecule has 2 aromatic carbocycles. The molecule has 0 aromatic heterocycles. The van der Waals surface area contributed by atoms with Crippen molar-refractivity contribution in [1.29, 1.82) is 0 Å². The van der Waals surface area contributed by atoms with Crippen molar-refractivity contribution in [1.82, 2.24) is 0 Å². The minimum absolute atomic E-state index is 0.335. The van der Waals surface area contributed by atoms with Gasteiger partial charge >= 0.3 is 11.9 Å². The highest BCUT2D eigenvalue weighted by atomic mass is 16.5. The van der Waals surface area contributed by atoms with Crippen LogP contribution in [0.1, 0.15) is 132 Å². The third kappa shape index (κ3) is 11.3. The molecular formula is C41H58O4. The van der Waals surface area contributed by atoms with Gasteiger partial charge in [-0.2, -0.15) is 0 Å². The smallest absolute Gasteiger partial charge is 0.333 e. The van der Waals surface area contributed by atoms with Gasteiger partial charge in [-0.25, -0.2) is 9.59 Å². The first-order valence-electron chi connectivity index (χ1n) is 17.5. The molecule has 246 valence electrons. The molecule has 4 heteroatoms. The number of benzene rings is 2. The number of ether oxygens (including phenoxy) is 2. The largest absolute Gasteiger partial charge is 0.462 e. The Morgan fingerprint density at radius 1 is 0.756 bits per heavy atom. The van der Waals surface area contributed by atoms with Gasteiger partial charge in [-0.05, 0) is 129 Å². The Labute approximate surface area is 273 Å². The lowest BCUT2D eigenvalue weighted by molar-refractivity contribution is -0.139. The SMILES string of the molecule is C=C(C)C(=O)OCCCc1cc(-c2ccc(C3CCC(CCCCCC)CC3)cc2CC)cc(CCCOC(=O)C(=C)C)c1C. The lowest BCUT2D eigenvalue weighted by atomic mass is 9.76. The summed E-state index contributed by atoms with van der Waals surface area (Å²) in [6, 6.07) is 11.9. The first kappa shape index (κ1) is 36.3. The van der Waals surface area contributed by atoms with Crippen molar-refractivity contribution >= 4 is 11.9 Å². The number of hydrogen-bond donors (Lipinski definition) is 0. The molecule has 45 heavy (non-hydrogen) atoms. The molecule has 1 aliphatic rings. The van der Waals surface area contributed by atoms with Crippen molar-refractivity contribution in [3.05, 3.63) is 82.5 Å². The predicted octanol–water partition coefficient (Wildman–Crippen LogP) is 10.6. The molecular weight excluding hydrogens is 556 g/mol. The Bertz CT molecular complexity index is 1240. The molecule has 0 atom stereocenters. The maximum Gasteiger partial charge on any atom is 0.333 e. The van der Waals surface area contributed by atoms with E-state index in [4.69, 9.17) is 9.47 Å². The molecule has 0 unspecified atom stereocenters. The summed E-state index contributed by atoms with van der Waals surface area (Å²) in [5, 5.41) is 0.